The van der Waals surface area contributed by atoms with Crippen LogP contribution in [0.3, 0.4) is 0 Å². The Morgan fingerprint density at radius 2 is 1.06 bits per heavy atom. The van der Waals surface area contributed by atoms with Gasteiger partial charge in [0.05, 0.1) is 23.7 Å². The Morgan fingerprint density at radius 3 is 1.50 bits per heavy atom. The molecule has 2 saturated carbocycles. The van der Waals surface area contributed by atoms with E-state index in [1.807, 2.05) is 0 Å². The van der Waals surface area contributed by atoms with Gasteiger partial charge in [0.1, 0.15) is 0 Å². The third-order valence-electron chi connectivity index (χ3n) is 4.95. The Balaban J connectivity index is 1.65. The van der Waals surface area contributed by atoms with Gasteiger partial charge in [0.2, 0.25) is 0 Å². The molecule has 2 aliphatic carbocycles. The average Bonchev–Trinajstić information content (AvgIpc) is 2.68. The van der Waals surface area contributed by atoms with Gasteiger partial charge in [-0.2, -0.15) is 0 Å². The van der Waals surface area contributed by atoms with Gasteiger partial charge in [-0.15, -0.1) is 0 Å². The van der Waals surface area contributed by atoms with E-state index in [1.165, 1.54) is 0 Å². The molecule has 0 amide bonds. The van der Waals surface area contributed by atoms with Gasteiger partial charge in [0.15, 0.2) is 0 Å². The van der Waals surface area contributed by atoms with Crippen LogP contribution >= 0.6 is 0 Å². The van der Waals surface area contributed by atoms with Crippen LogP contribution in [0.25, 0.3) is 0 Å². The van der Waals surface area contributed by atoms with Gasteiger partial charge in [-0.25, -0.2) is 0 Å². The van der Waals surface area contributed by atoms with Gasteiger partial charge in [-0.1, -0.05) is 0 Å². The molecule has 18 heavy (non-hydrogen) atoms. The average molecular weight is 250 g/mol. The highest BCUT2D eigenvalue weighted by molar-refractivity contribution is 6.00. The predicted octanol–water partition coefficient (Wildman–Crippen LogP) is -0.342. The zero-order valence-corrected chi connectivity index (χ0v) is 9.33. The molecule has 4 rings (SSSR count). The quantitative estimate of drug-likeness (QED) is 0.431. The molecule has 4 fully saturated rings. The minimum atomic E-state index is -0.482. The molecule has 0 aromatic rings. The van der Waals surface area contributed by atoms with E-state index in [2.05, 4.69) is 9.47 Å². The number of hydrogen-bond acceptors (Lipinski definition) is 6. The first-order valence-corrected chi connectivity index (χ1v) is 6.09. The summed E-state index contributed by atoms with van der Waals surface area (Å²) in [6.07, 6.45) is 0.924. The summed E-state index contributed by atoms with van der Waals surface area (Å²) in [5.74, 6) is -3.56. The number of hydrogen-bond donors (Lipinski definition) is 0. The molecule has 0 spiro atoms. The summed E-state index contributed by atoms with van der Waals surface area (Å²) in [6, 6.07) is 0. The highest BCUT2D eigenvalue weighted by Gasteiger charge is 2.67. The lowest BCUT2D eigenvalue weighted by atomic mass is 9.49. The summed E-state index contributed by atoms with van der Waals surface area (Å²) in [7, 11) is 0. The van der Waals surface area contributed by atoms with Crippen molar-refractivity contribution in [2.75, 3.05) is 0 Å². The summed E-state index contributed by atoms with van der Waals surface area (Å²) < 4.78 is 9.27. The van der Waals surface area contributed by atoms with Crippen LogP contribution in [-0.2, 0) is 28.7 Å². The minimum absolute atomic E-state index is 0.00588. The Kier molecular flexibility index (Phi) is 1.70. The molecule has 94 valence electrons. The third-order valence-corrected chi connectivity index (χ3v) is 4.95. The summed E-state index contributed by atoms with van der Waals surface area (Å²) in [6.45, 7) is 0. The number of ether oxygens (including phenoxy) is 2. The topological polar surface area (TPSA) is 86.7 Å². The van der Waals surface area contributed by atoms with Crippen molar-refractivity contribution in [1.29, 1.82) is 0 Å². The van der Waals surface area contributed by atoms with Gasteiger partial charge in [-0.3, -0.25) is 19.2 Å². The molecule has 2 saturated heterocycles. The molecule has 2 aliphatic heterocycles. The van der Waals surface area contributed by atoms with Crippen LogP contribution in [0.4, 0.5) is 0 Å². The molecule has 6 nitrogen and oxygen atoms in total. The normalized spacial score (nSPS) is 48.9. The van der Waals surface area contributed by atoms with Crippen molar-refractivity contribution in [1.82, 2.24) is 0 Å². The molecule has 0 aromatic carbocycles. The van der Waals surface area contributed by atoms with Crippen LogP contribution in [0.15, 0.2) is 0 Å². The largest absolute Gasteiger partial charge is 0.393 e. The maximum absolute atomic E-state index is 11.5. The number of carbonyl (C=O) groups excluding carboxylic acids is 4. The van der Waals surface area contributed by atoms with E-state index in [4.69, 9.17) is 0 Å². The van der Waals surface area contributed by atoms with Gasteiger partial charge < -0.3 is 9.47 Å². The molecular weight excluding hydrogens is 240 g/mol. The van der Waals surface area contributed by atoms with Gasteiger partial charge in [-0.05, 0) is 24.7 Å². The fraction of sp³-hybridized carbons (Fsp3) is 0.667. The van der Waals surface area contributed by atoms with Crippen LogP contribution in [0.2, 0.25) is 0 Å². The van der Waals surface area contributed by atoms with Gasteiger partial charge in [0.25, 0.3) is 0 Å². The van der Waals surface area contributed by atoms with E-state index < -0.39 is 47.5 Å². The number of esters is 4. The van der Waals surface area contributed by atoms with E-state index >= 15 is 0 Å². The maximum atomic E-state index is 11.5. The summed E-state index contributed by atoms with van der Waals surface area (Å²) >= 11 is 0. The molecular formula is C12H10O6. The molecule has 2 heterocycles. The second-order valence-electron chi connectivity index (χ2n) is 5.54. The van der Waals surface area contributed by atoms with Crippen molar-refractivity contribution in [3.8, 4) is 0 Å². The van der Waals surface area contributed by atoms with Crippen LogP contribution < -0.4 is 0 Å². The second-order valence-corrected chi connectivity index (χ2v) is 5.54. The molecule has 6 heteroatoms. The first-order valence-electron chi connectivity index (χ1n) is 6.09. The smallest absolute Gasteiger partial charge is 0.317 e. The van der Waals surface area contributed by atoms with Crippen molar-refractivity contribution in [2.45, 2.75) is 12.8 Å². The van der Waals surface area contributed by atoms with Gasteiger partial charge in [0, 0.05) is 0 Å². The van der Waals surface area contributed by atoms with E-state index in [0.717, 1.165) is 0 Å². The van der Waals surface area contributed by atoms with E-state index in [0.29, 0.717) is 12.8 Å². The number of fused-ring (bicyclic) bond motifs is 5. The lowest BCUT2D eigenvalue weighted by Gasteiger charge is -2.49. The van der Waals surface area contributed by atoms with Crippen molar-refractivity contribution in [3.05, 3.63) is 0 Å². The molecule has 0 N–H and O–H groups in total. The van der Waals surface area contributed by atoms with Crippen LogP contribution in [0.1, 0.15) is 12.8 Å². The second kappa shape index (κ2) is 2.99. The SMILES string of the molecule is O=C1OC(=O)C2CC3C(CC12)C1C(=O)OC(=O)C31. The van der Waals surface area contributed by atoms with Crippen molar-refractivity contribution >= 4 is 23.9 Å². The predicted molar refractivity (Wildman–Crippen MR) is 52.4 cm³/mol. The lowest BCUT2D eigenvalue weighted by molar-refractivity contribution is -0.155. The van der Waals surface area contributed by atoms with Crippen LogP contribution in [-0.4, -0.2) is 23.9 Å². The third kappa shape index (κ3) is 0.996. The molecule has 6 atom stereocenters. The Morgan fingerprint density at radius 1 is 0.667 bits per heavy atom. The summed E-state index contributed by atoms with van der Waals surface area (Å²) in [4.78, 5) is 46.0. The summed E-state index contributed by atoms with van der Waals surface area (Å²) in [5, 5.41) is 0. The monoisotopic (exact) mass is 250 g/mol. The number of cyclic esters (lactones) is 4. The number of carbonyl (C=O) groups is 4. The Hall–Kier alpha value is -1.72. The van der Waals surface area contributed by atoms with Crippen LogP contribution in [0, 0.1) is 35.5 Å². The molecule has 4 aliphatic rings. The van der Waals surface area contributed by atoms with Crippen LogP contribution in [0.5, 0.6) is 0 Å². The zero-order chi connectivity index (χ0) is 12.6. The molecule has 6 unspecified atom stereocenters. The first-order chi connectivity index (χ1) is 8.58. The zero-order valence-electron chi connectivity index (χ0n) is 9.33. The van der Waals surface area contributed by atoms with E-state index in [-0.39, 0.29) is 11.8 Å². The van der Waals surface area contributed by atoms with Gasteiger partial charge >= 0.3 is 23.9 Å². The van der Waals surface area contributed by atoms with Crippen molar-refractivity contribution in [2.24, 2.45) is 35.5 Å². The Labute approximate surface area is 102 Å². The van der Waals surface area contributed by atoms with E-state index in [9.17, 15) is 19.2 Å². The van der Waals surface area contributed by atoms with E-state index in [1.54, 1.807) is 0 Å². The number of rotatable bonds is 0. The standard InChI is InChI=1S/C12H10O6/c13-9-5-1-3-4(2-6(5)10(14)17-9)8-7(3)11(15)18-12(8)16/h3-8H,1-2H2. The highest BCUT2D eigenvalue weighted by atomic mass is 16.6. The van der Waals surface area contributed by atoms with Crippen molar-refractivity contribution in [3.63, 3.8) is 0 Å². The fourth-order valence-electron chi connectivity index (χ4n) is 4.13. The minimum Gasteiger partial charge on any atom is -0.393 e. The molecule has 0 radical (unpaired) electrons. The Bertz CT molecular complexity index is 435. The summed E-state index contributed by atoms with van der Waals surface area (Å²) in [5.41, 5.74) is 0. The first kappa shape index (κ1) is 10.2. The maximum Gasteiger partial charge on any atom is 0.317 e. The molecule has 0 aromatic heterocycles. The highest BCUT2D eigenvalue weighted by Crippen LogP contribution is 2.60. The molecule has 0 bridgehead atoms. The lowest BCUT2D eigenvalue weighted by Crippen LogP contribution is -2.53. The fourth-order valence-corrected chi connectivity index (χ4v) is 4.13. The van der Waals surface area contributed by atoms with Crippen molar-refractivity contribution < 1.29 is 28.7 Å².